The SMILES string of the molecule is CCN(CC1CCNCC1)C(=O)c1ccc(C)o1. The lowest BCUT2D eigenvalue weighted by Gasteiger charge is -2.28. The van der Waals surface area contributed by atoms with Gasteiger partial charge >= 0.3 is 0 Å². The third-order valence-electron chi connectivity index (χ3n) is 3.56. The summed E-state index contributed by atoms with van der Waals surface area (Å²) in [5.74, 6) is 1.88. The minimum Gasteiger partial charge on any atom is -0.456 e. The van der Waals surface area contributed by atoms with E-state index in [-0.39, 0.29) is 5.91 Å². The van der Waals surface area contributed by atoms with Crippen LogP contribution in [0.25, 0.3) is 0 Å². The molecule has 2 rings (SSSR count). The second-order valence-electron chi connectivity index (χ2n) is 4.95. The lowest BCUT2D eigenvalue weighted by Crippen LogP contribution is -2.39. The average molecular weight is 250 g/mol. The fourth-order valence-electron chi connectivity index (χ4n) is 2.44. The third-order valence-corrected chi connectivity index (χ3v) is 3.56. The Balaban J connectivity index is 1.97. The summed E-state index contributed by atoms with van der Waals surface area (Å²) in [6, 6.07) is 3.61. The van der Waals surface area contributed by atoms with E-state index in [4.69, 9.17) is 4.42 Å². The van der Waals surface area contributed by atoms with E-state index < -0.39 is 0 Å². The summed E-state index contributed by atoms with van der Waals surface area (Å²) >= 11 is 0. The molecule has 0 bridgehead atoms. The van der Waals surface area contributed by atoms with Crippen molar-refractivity contribution in [2.24, 2.45) is 5.92 Å². The maximum absolute atomic E-state index is 12.3. The van der Waals surface area contributed by atoms with E-state index in [2.05, 4.69) is 5.32 Å². The second kappa shape index (κ2) is 6.05. The molecule has 18 heavy (non-hydrogen) atoms. The summed E-state index contributed by atoms with van der Waals surface area (Å²) in [5.41, 5.74) is 0. The molecule has 0 spiro atoms. The van der Waals surface area contributed by atoms with Crippen molar-refractivity contribution in [1.82, 2.24) is 10.2 Å². The molecule has 1 fully saturated rings. The first kappa shape index (κ1) is 13.1. The van der Waals surface area contributed by atoms with Gasteiger partial charge in [0.15, 0.2) is 5.76 Å². The van der Waals surface area contributed by atoms with Crippen LogP contribution in [-0.2, 0) is 0 Å². The largest absolute Gasteiger partial charge is 0.456 e. The summed E-state index contributed by atoms with van der Waals surface area (Å²) < 4.78 is 5.41. The van der Waals surface area contributed by atoms with Crippen LogP contribution in [0.5, 0.6) is 0 Å². The van der Waals surface area contributed by atoms with Crippen molar-refractivity contribution < 1.29 is 9.21 Å². The third kappa shape index (κ3) is 3.13. The molecule has 1 aromatic heterocycles. The van der Waals surface area contributed by atoms with Crippen LogP contribution in [0.1, 0.15) is 36.1 Å². The number of furan rings is 1. The highest BCUT2D eigenvalue weighted by Crippen LogP contribution is 2.16. The molecular formula is C14H22N2O2. The Hall–Kier alpha value is -1.29. The molecule has 0 aliphatic carbocycles. The van der Waals surface area contributed by atoms with Crippen molar-refractivity contribution in [2.75, 3.05) is 26.2 Å². The predicted octanol–water partition coefficient (Wildman–Crippen LogP) is 2.05. The van der Waals surface area contributed by atoms with E-state index in [0.717, 1.165) is 44.8 Å². The predicted molar refractivity (Wildman–Crippen MR) is 70.6 cm³/mol. The van der Waals surface area contributed by atoms with Crippen molar-refractivity contribution in [2.45, 2.75) is 26.7 Å². The van der Waals surface area contributed by atoms with Gasteiger partial charge in [0.2, 0.25) is 0 Å². The smallest absolute Gasteiger partial charge is 0.289 e. The fraction of sp³-hybridized carbons (Fsp3) is 0.643. The first-order chi connectivity index (χ1) is 8.70. The molecule has 2 heterocycles. The van der Waals surface area contributed by atoms with Gasteiger partial charge in [-0.05, 0) is 57.8 Å². The van der Waals surface area contributed by atoms with Crippen molar-refractivity contribution >= 4 is 5.91 Å². The number of nitrogens with zero attached hydrogens (tertiary/aromatic N) is 1. The number of hydrogen-bond acceptors (Lipinski definition) is 3. The zero-order valence-electron chi connectivity index (χ0n) is 11.2. The number of rotatable bonds is 4. The van der Waals surface area contributed by atoms with Gasteiger partial charge in [0, 0.05) is 13.1 Å². The minimum absolute atomic E-state index is 0.0177. The van der Waals surface area contributed by atoms with E-state index in [9.17, 15) is 4.79 Å². The topological polar surface area (TPSA) is 45.5 Å². The van der Waals surface area contributed by atoms with Crippen molar-refractivity contribution in [1.29, 1.82) is 0 Å². The maximum Gasteiger partial charge on any atom is 0.289 e. The Labute approximate surface area is 108 Å². The number of aryl methyl sites for hydroxylation is 1. The van der Waals surface area contributed by atoms with Gasteiger partial charge in [-0.3, -0.25) is 4.79 Å². The average Bonchev–Trinajstić information content (AvgIpc) is 2.83. The van der Waals surface area contributed by atoms with Crippen molar-refractivity contribution in [3.63, 3.8) is 0 Å². The molecule has 1 saturated heterocycles. The Kier molecular flexibility index (Phi) is 4.42. The molecule has 100 valence electrons. The zero-order chi connectivity index (χ0) is 13.0. The number of hydrogen-bond donors (Lipinski definition) is 1. The Morgan fingerprint density at radius 1 is 1.44 bits per heavy atom. The van der Waals surface area contributed by atoms with Crippen LogP contribution in [-0.4, -0.2) is 37.0 Å². The van der Waals surface area contributed by atoms with Gasteiger partial charge in [-0.15, -0.1) is 0 Å². The maximum atomic E-state index is 12.3. The number of carbonyl (C=O) groups is 1. The highest BCUT2D eigenvalue weighted by molar-refractivity contribution is 5.91. The lowest BCUT2D eigenvalue weighted by atomic mass is 9.97. The van der Waals surface area contributed by atoms with Gasteiger partial charge in [-0.1, -0.05) is 0 Å². The van der Waals surface area contributed by atoms with Crippen molar-refractivity contribution in [3.05, 3.63) is 23.7 Å². The molecule has 1 N–H and O–H groups in total. The molecule has 1 aliphatic rings. The monoisotopic (exact) mass is 250 g/mol. The van der Waals surface area contributed by atoms with Gasteiger partial charge in [0.1, 0.15) is 5.76 Å². The molecule has 4 heteroatoms. The molecule has 1 amide bonds. The molecule has 1 aromatic rings. The van der Waals surface area contributed by atoms with E-state index in [1.807, 2.05) is 24.8 Å². The van der Waals surface area contributed by atoms with Crippen LogP contribution in [0.3, 0.4) is 0 Å². The minimum atomic E-state index is 0.0177. The molecular weight excluding hydrogens is 228 g/mol. The Bertz CT molecular complexity index is 394. The molecule has 0 saturated carbocycles. The number of nitrogens with one attached hydrogen (secondary N) is 1. The van der Waals surface area contributed by atoms with Gasteiger partial charge in [0.05, 0.1) is 0 Å². The van der Waals surface area contributed by atoms with Gasteiger partial charge < -0.3 is 14.6 Å². The first-order valence-electron chi connectivity index (χ1n) is 6.77. The van der Waals surface area contributed by atoms with Gasteiger partial charge in [-0.25, -0.2) is 0 Å². The molecule has 4 nitrogen and oxygen atoms in total. The quantitative estimate of drug-likeness (QED) is 0.889. The van der Waals surface area contributed by atoms with E-state index >= 15 is 0 Å². The van der Waals surface area contributed by atoms with Crippen LogP contribution in [0, 0.1) is 12.8 Å². The number of carbonyl (C=O) groups excluding carboxylic acids is 1. The molecule has 0 atom stereocenters. The fourth-order valence-corrected chi connectivity index (χ4v) is 2.44. The summed E-state index contributed by atoms with van der Waals surface area (Å²) in [6.07, 6.45) is 2.31. The van der Waals surface area contributed by atoms with Gasteiger partial charge in [-0.2, -0.15) is 0 Å². The van der Waals surface area contributed by atoms with E-state index in [1.165, 1.54) is 0 Å². The molecule has 0 aromatic carbocycles. The normalized spacial score (nSPS) is 16.8. The van der Waals surface area contributed by atoms with Crippen LogP contribution < -0.4 is 5.32 Å². The van der Waals surface area contributed by atoms with E-state index in [0.29, 0.717) is 11.7 Å². The van der Waals surface area contributed by atoms with Crippen LogP contribution in [0.4, 0.5) is 0 Å². The lowest BCUT2D eigenvalue weighted by molar-refractivity contribution is 0.0693. The summed E-state index contributed by atoms with van der Waals surface area (Å²) in [7, 11) is 0. The molecule has 1 aliphatic heterocycles. The summed E-state index contributed by atoms with van der Waals surface area (Å²) in [5, 5.41) is 3.35. The number of amides is 1. The van der Waals surface area contributed by atoms with Crippen LogP contribution in [0.15, 0.2) is 16.5 Å². The standard InChI is InChI=1S/C14H22N2O2/c1-3-16(10-12-6-8-15-9-7-12)14(17)13-5-4-11(2)18-13/h4-5,12,15H,3,6-10H2,1-2H3. The van der Waals surface area contributed by atoms with Crippen LogP contribution >= 0.6 is 0 Å². The summed E-state index contributed by atoms with van der Waals surface area (Å²) in [6.45, 7) is 7.60. The second-order valence-corrected chi connectivity index (χ2v) is 4.95. The number of piperidine rings is 1. The highest BCUT2D eigenvalue weighted by atomic mass is 16.3. The van der Waals surface area contributed by atoms with Gasteiger partial charge in [0.25, 0.3) is 5.91 Å². The zero-order valence-corrected chi connectivity index (χ0v) is 11.2. The van der Waals surface area contributed by atoms with Crippen LogP contribution in [0.2, 0.25) is 0 Å². The first-order valence-corrected chi connectivity index (χ1v) is 6.77. The molecule has 0 radical (unpaired) electrons. The highest BCUT2D eigenvalue weighted by Gasteiger charge is 2.22. The van der Waals surface area contributed by atoms with Crippen molar-refractivity contribution in [3.8, 4) is 0 Å². The summed E-state index contributed by atoms with van der Waals surface area (Å²) in [4.78, 5) is 14.2. The Morgan fingerprint density at radius 3 is 2.72 bits per heavy atom. The van der Waals surface area contributed by atoms with E-state index in [1.54, 1.807) is 6.07 Å². The molecule has 0 unspecified atom stereocenters. The Morgan fingerprint density at radius 2 is 2.17 bits per heavy atom.